The molecule has 0 aliphatic rings. The van der Waals surface area contributed by atoms with Gasteiger partial charge in [0.1, 0.15) is 0 Å². The Morgan fingerprint density at radius 1 is 1.21 bits per heavy atom. The number of rotatable bonds is 4. The first-order valence-corrected chi connectivity index (χ1v) is 9.09. The third kappa shape index (κ3) is 3.70. The molecule has 4 aromatic rings. The van der Waals surface area contributed by atoms with Crippen molar-refractivity contribution in [3.8, 4) is 22.4 Å². The SMILES string of the molecule is CCNC(=O)Nc1nc2c(-c3ccccn3)cc(-c3cnn(C)c(=O)c3)cc2[nH]1. The molecular weight excluding hydrogens is 370 g/mol. The number of anilines is 1. The summed E-state index contributed by atoms with van der Waals surface area (Å²) in [5.74, 6) is 0.322. The van der Waals surface area contributed by atoms with E-state index in [1.807, 2.05) is 37.3 Å². The maximum absolute atomic E-state index is 12.0. The molecule has 9 heteroatoms. The Hall–Kier alpha value is -4.01. The van der Waals surface area contributed by atoms with Crippen LogP contribution in [0.3, 0.4) is 0 Å². The van der Waals surface area contributed by atoms with Crippen molar-refractivity contribution in [2.75, 3.05) is 11.9 Å². The molecule has 0 saturated carbocycles. The van der Waals surface area contributed by atoms with E-state index in [-0.39, 0.29) is 11.6 Å². The van der Waals surface area contributed by atoms with Crippen LogP contribution in [0.25, 0.3) is 33.4 Å². The standard InChI is InChI=1S/C20H19N7O2/c1-3-21-20(29)26-19-24-16-9-12(13-10-17(28)27(2)23-11-13)8-14(18(16)25-19)15-6-4-5-7-22-15/h4-11H,3H2,1-2H3,(H3,21,24,25,26,29). The average Bonchev–Trinajstić information content (AvgIpc) is 3.12. The number of pyridine rings is 1. The number of aromatic amines is 1. The van der Waals surface area contributed by atoms with Gasteiger partial charge < -0.3 is 10.3 Å². The number of imidazole rings is 1. The molecule has 3 aromatic heterocycles. The van der Waals surface area contributed by atoms with Crippen molar-refractivity contribution in [3.63, 3.8) is 0 Å². The smallest absolute Gasteiger partial charge is 0.321 e. The average molecular weight is 389 g/mol. The molecule has 0 bridgehead atoms. The molecule has 2 amide bonds. The minimum absolute atomic E-state index is 0.204. The van der Waals surface area contributed by atoms with E-state index in [4.69, 9.17) is 0 Å². The predicted octanol–water partition coefficient (Wildman–Crippen LogP) is 2.53. The first-order valence-electron chi connectivity index (χ1n) is 9.09. The lowest BCUT2D eigenvalue weighted by Gasteiger charge is -2.07. The summed E-state index contributed by atoms with van der Waals surface area (Å²) >= 11 is 0. The van der Waals surface area contributed by atoms with Gasteiger partial charge in [0, 0.05) is 37.0 Å². The summed E-state index contributed by atoms with van der Waals surface area (Å²) in [6.07, 6.45) is 3.34. The van der Waals surface area contributed by atoms with Crippen molar-refractivity contribution in [2.45, 2.75) is 6.92 Å². The zero-order chi connectivity index (χ0) is 20.4. The molecule has 0 saturated heterocycles. The van der Waals surface area contributed by atoms with Crippen LogP contribution in [0.5, 0.6) is 0 Å². The summed E-state index contributed by atoms with van der Waals surface area (Å²) in [4.78, 5) is 36.0. The minimum Gasteiger partial charge on any atom is -0.338 e. The Balaban J connectivity index is 1.88. The van der Waals surface area contributed by atoms with E-state index in [0.29, 0.717) is 29.1 Å². The van der Waals surface area contributed by atoms with E-state index in [2.05, 4.69) is 30.7 Å². The third-order valence-electron chi connectivity index (χ3n) is 4.40. The van der Waals surface area contributed by atoms with Gasteiger partial charge in [0.2, 0.25) is 5.95 Å². The number of urea groups is 1. The highest BCUT2D eigenvalue weighted by molar-refractivity contribution is 5.97. The van der Waals surface area contributed by atoms with Gasteiger partial charge >= 0.3 is 6.03 Å². The summed E-state index contributed by atoms with van der Waals surface area (Å²) in [5.41, 5.74) is 4.14. The molecule has 0 unspecified atom stereocenters. The second kappa shape index (κ2) is 7.55. The highest BCUT2D eigenvalue weighted by Crippen LogP contribution is 2.32. The molecule has 1 aromatic carbocycles. The van der Waals surface area contributed by atoms with Gasteiger partial charge in [-0.2, -0.15) is 5.10 Å². The van der Waals surface area contributed by atoms with Crippen molar-refractivity contribution in [3.05, 3.63) is 59.1 Å². The number of carbonyl (C=O) groups excluding carboxylic acids is 1. The summed E-state index contributed by atoms with van der Waals surface area (Å²) in [5, 5.41) is 9.45. The lowest BCUT2D eigenvalue weighted by atomic mass is 10.0. The van der Waals surface area contributed by atoms with Gasteiger partial charge in [-0.05, 0) is 36.8 Å². The Morgan fingerprint density at radius 2 is 2.07 bits per heavy atom. The third-order valence-corrected chi connectivity index (χ3v) is 4.40. The van der Waals surface area contributed by atoms with Crippen LogP contribution in [-0.2, 0) is 7.05 Å². The van der Waals surface area contributed by atoms with Crippen LogP contribution in [-0.4, -0.2) is 37.3 Å². The second-order valence-corrected chi connectivity index (χ2v) is 6.41. The van der Waals surface area contributed by atoms with E-state index in [0.717, 1.165) is 16.8 Å². The maximum atomic E-state index is 12.0. The largest absolute Gasteiger partial charge is 0.338 e. The van der Waals surface area contributed by atoms with Crippen molar-refractivity contribution in [1.82, 2.24) is 30.0 Å². The van der Waals surface area contributed by atoms with Crippen LogP contribution in [0.2, 0.25) is 0 Å². The number of carbonyl (C=O) groups is 1. The van der Waals surface area contributed by atoms with Gasteiger partial charge in [-0.15, -0.1) is 0 Å². The molecule has 3 N–H and O–H groups in total. The molecule has 0 fully saturated rings. The van der Waals surface area contributed by atoms with E-state index < -0.39 is 0 Å². The Bertz CT molecular complexity index is 1240. The van der Waals surface area contributed by atoms with Gasteiger partial charge in [-0.25, -0.2) is 14.5 Å². The predicted molar refractivity (Wildman–Crippen MR) is 110 cm³/mol. The number of benzene rings is 1. The fourth-order valence-corrected chi connectivity index (χ4v) is 3.00. The molecule has 4 rings (SSSR count). The van der Waals surface area contributed by atoms with E-state index in [9.17, 15) is 9.59 Å². The topological polar surface area (TPSA) is 118 Å². The van der Waals surface area contributed by atoms with Crippen LogP contribution < -0.4 is 16.2 Å². The highest BCUT2D eigenvalue weighted by atomic mass is 16.2. The summed E-state index contributed by atoms with van der Waals surface area (Å²) in [6.45, 7) is 2.34. The van der Waals surface area contributed by atoms with Crippen LogP contribution in [0.1, 0.15) is 6.92 Å². The summed E-state index contributed by atoms with van der Waals surface area (Å²) in [7, 11) is 1.60. The maximum Gasteiger partial charge on any atom is 0.321 e. The zero-order valence-electron chi connectivity index (χ0n) is 15.9. The van der Waals surface area contributed by atoms with E-state index in [1.54, 1.807) is 19.4 Å². The number of aromatic nitrogens is 5. The monoisotopic (exact) mass is 389 g/mol. The minimum atomic E-state index is -0.345. The molecule has 0 aliphatic heterocycles. The molecular formula is C20H19N7O2. The first-order chi connectivity index (χ1) is 14.0. The van der Waals surface area contributed by atoms with Crippen LogP contribution >= 0.6 is 0 Å². The van der Waals surface area contributed by atoms with Crippen molar-refractivity contribution in [2.24, 2.45) is 7.05 Å². The van der Waals surface area contributed by atoms with Gasteiger partial charge in [0.05, 0.1) is 22.9 Å². The lowest BCUT2D eigenvalue weighted by molar-refractivity contribution is 0.252. The number of fused-ring (bicyclic) bond motifs is 1. The second-order valence-electron chi connectivity index (χ2n) is 6.41. The molecule has 3 heterocycles. The normalized spacial score (nSPS) is 10.8. The number of aryl methyl sites for hydroxylation is 1. The quantitative estimate of drug-likeness (QED) is 0.496. The molecule has 29 heavy (non-hydrogen) atoms. The Morgan fingerprint density at radius 3 is 2.79 bits per heavy atom. The zero-order valence-corrected chi connectivity index (χ0v) is 15.9. The Kier molecular flexibility index (Phi) is 4.78. The number of nitrogens with one attached hydrogen (secondary N) is 3. The van der Waals surface area contributed by atoms with Gasteiger partial charge in [-0.1, -0.05) is 6.07 Å². The van der Waals surface area contributed by atoms with Crippen molar-refractivity contribution in [1.29, 1.82) is 0 Å². The highest BCUT2D eigenvalue weighted by Gasteiger charge is 2.15. The first kappa shape index (κ1) is 18.4. The summed E-state index contributed by atoms with van der Waals surface area (Å²) in [6, 6.07) is 10.6. The van der Waals surface area contributed by atoms with Gasteiger partial charge in [-0.3, -0.25) is 15.1 Å². The molecule has 0 atom stereocenters. The molecule has 9 nitrogen and oxygen atoms in total. The van der Waals surface area contributed by atoms with Crippen LogP contribution in [0.15, 0.2) is 53.6 Å². The molecule has 0 radical (unpaired) electrons. The van der Waals surface area contributed by atoms with E-state index >= 15 is 0 Å². The van der Waals surface area contributed by atoms with E-state index in [1.165, 1.54) is 10.7 Å². The number of H-pyrrole nitrogens is 1. The fraction of sp³-hybridized carbons (Fsp3) is 0.150. The Labute approximate surface area is 165 Å². The number of hydrogen-bond donors (Lipinski definition) is 3. The lowest BCUT2D eigenvalue weighted by Crippen LogP contribution is -2.28. The molecule has 0 spiro atoms. The number of hydrogen-bond acceptors (Lipinski definition) is 5. The van der Waals surface area contributed by atoms with Crippen LogP contribution in [0, 0.1) is 0 Å². The summed E-state index contributed by atoms with van der Waals surface area (Å²) < 4.78 is 1.27. The number of amides is 2. The molecule has 0 aliphatic carbocycles. The van der Waals surface area contributed by atoms with Crippen molar-refractivity contribution < 1.29 is 4.79 Å². The van der Waals surface area contributed by atoms with Gasteiger partial charge in [0.25, 0.3) is 5.56 Å². The van der Waals surface area contributed by atoms with Crippen molar-refractivity contribution >= 4 is 23.0 Å². The number of nitrogens with zero attached hydrogens (tertiary/aromatic N) is 4. The van der Waals surface area contributed by atoms with Gasteiger partial charge in [0.15, 0.2) is 0 Å². The fourth-order valence-electron chi connectivity index (χ4n) is 3.00. The van der Waals surface area contributed by atoms with Crippen LogP contribution in [0.4, 0.5) is 10.7 Å². The molecule has 146 valence electrons.